The number of halogens is 5. The van der Waals surface area contributed by atoms with Crippen molar-refractivity contribution in [3.8, 4) is 0 Å². The fourth-order valence-electron chi connectivity index (χ4n) is 1.08. The van der Waals surface area contributed by atoms with Crippen molar-refractivity contribution in [2.45, 2.75) is 12.2 Å². The van der Waals surface area contributed by atoms with Crippen LogP contribution in [-0.4, -0.2) is 6.67 Å². The third-order valence-corrected chi connectivity index (χ3v) is 2.21. The topological polar surface area (TPSA) is 26.0 Å². The molecule has 0 unspecified atom stereocenters. The lowest BCUT2D eigenvalue weighted by atomic mass is 10.1. The Morgan fingerprint density at radius 1 is 1.33 bits per heavy atom. The van der Waals surface area contributed by atoms with E-state index in [-0.39, 0.29) is 5.56 Å². The van der Waals surface area contributed by atoms with Gasteiger partial charge in [-0.15, -0.1) is 0 Å². The van der Waals surface area contributed by atoms with E-state index in [0.29, 0.717) is 0 Å². The molecule has 0 aliphatic heterocycles. The molecule has 84 valence electrons. The molecule has 1 aromatic carbocycles. The van der Waals surface area contributed by atoms with Gasteiger partial charge in [0, 0.05) is 0 Å². The van der Waals surface area contributed by atoms with Crippen molar-refractivity contribution < 1.29 is 17.6 Å². The quantitative estimate of drug-likeness (QED) is 0.790. The van der Waals surface area contributed by atoms with Crippen LogP contribution in [0.2, 0.25) is 5.02 Å². The maximum Gasteiger partial charge on any atom is 0.417 e. The van der Waals surface area contributed by atoms with Crippen LogP contribution in [0.1, 0.15) is 17.2 Å². The lowest BCUT2D eigenvalue weighted by Crippen LogP contribution is -2.13. The van der Waals surface area contributed by atoms with E-state index in [0.717, 1.165) is 18.2 Å². The van der Waals surface area contributed by atoms with Crippen molar-refractivity contribution in [1.29, 1.82) is 0 Å². The minimum absolute atomic E-state index is 0.246. The third-order valence-electron chi connectivity index (χ3n) is 1.89. The second kappa shape index (κ2) is 4.37. The number of nitrogens with two attached hydrogens (primary N) is 1. The molecule has 1 aromatic rings. The normalized spacial score (nSPS) is 14.0. The second-order valence-electron chi connectivity index (χ2n) is 3.00. The standard InChI is InChI=1S/C9H8ClF4N/c10-7-3-5(8(15)4-11)1-2-6(7)9(12,13)14/h1-3,8H,4,15H2/t8-/m1/s1. The molecule has 15 heavy (non-hydrogen) atoms. The van der Waals surface area contributed by atoms with Gasteiger partial charge >= 0.3 is 6.18 Å². The Morgan fingerprint density at radius 2 is 1.93 bits per heavy atom. The number of alkyl halides is 4. The highest BCUT2D eigenvalue weighted by Crippen LogP contribution is 2.35. The molecule has 0 heterocycles. The maximum atomic E-state index is 12.3. The molecule has 0 spiro atoms. The fraction of sp³-hybridized carbons (Fsp3) is 0.333. The molecule has 1 rings (SSSR count). The smallest absolute Gasteiger partial charge is 0.322 e. The van der Waals surface area contributed by atoms with E-state index in [1.54, 1.807) is 0 Å². The highest BCUT2D eigenvalue weighted by molar-refractivity contribution is 6.31. The molecule has 0 fully saturated rings. The summed E-state index contributed by atoms with van der Waals surface area (Å²) in [6.45, 7) is -0.846. The van der Waals surface area contributed by atoms with Crippen molar-refractivity contribution >= 4 is 11.6 Å². The molecule has 1 atom stereocenters. The lowest BCUT2D eigenvalue weighted by Gasteiger charge is -2.12. The van der Waals surface area contributed by atoms with Crippen molar-refractivity contribution in [2.75, 3.05) is 6.67 Å². The lowest BCUT2D eigenvalue weighted by molar-refractivity contribution is -0.137. The summed E-state index contributed by atoms with van der Waals surface area (Å²) in [6.07, 6.45) is -4.50. The first-order valence-corrected chi connectivity index (χ1v) is 4.42. The average Bonchev–Trinajstić information content (AvgIpc) is 2.14. The zero-order valence-corrected chi connectivity index (χ0v) is 8.24. The molecule has 6 heteroatoms. The average molecular weight is 242 g/mol. The van der Waals surface area contributed by atoms with Gasteiger partial charge in [0.25, 0.3) is 0 Å². The first-order chi connectivity index (χ1) is 6.86. The predicted octanol–water partition coefficient (Wildman–Crippen LogP) is 3.33. The van der Waals surface area contributed by atoms with E-state index >= 15 is 0 Å². The van der Waals surface area contributed by atoms with E-state index in [1.807, 2.05) is 0 Å². The number of hydrogen-bond donors (Lipinski definition) is 1. The number of benzene rings is 1. The molecule has 1 nitrogen and oxygen atoms in total. The van der Waals surface area contributed by atoms with E-state index < -0.39 is 29.5 Å². The van der Waals surface area contributed by atoms with Gasteiger partial charge in [-0.05, 0) is 17.7 Å². The highest BCUT2D eigenvalue weighted by Gasteiger charge is 2.33. The number of hydrogen-bond acceptors (Lipinski definition) is 1. The van der Waals surface area contributed by atoms with Gasteiger partial charge in [0.15, 0.2) is 0 Å². The molecule has 0 amide bonds. The summed E-state index contributed by atoms with van der Waals surface area (Å²) in [7, 11) is 0. The molecule has 0 radical (unpaired) electrons. The summed E-state index contributed by atoms with van der Waals surface area (Å²) in [4.78, 5) is 0. The number of rotatable bonds is 2. The first kappa shape index (κ1) is 12.3. The van der Waals surface area contributed by atoms with Crippen molar-refractivity contribution in [2.24, 2.45) is 5.73 Å². The van der Waals surface area contributed by atoms with Gasteiger partial charge in [0.1, 0.15) is 6.67 Å². The third kappa shape index (κ3) is 2.82. The van der Waals surface area contributed by atoms with Crippen molar-refractivity contribution in [3.63, 3.8) is 0 Å². The van der Waals surface area contributed by atoms with Crippen LogP contribution in [0.5, 0.6) is 0 Å². The van der Waals surface area contributed by atoms with Crippen LogP contribution in [0.4, 0.5) is 17.6 Å². The van der Waals surface area contributed by atoms with Gasteiger partial charge in [-0.2, -0.15) is 13.2 Å². The Morgan fingerprint density at radius 3 is 2.33 bits per heavy atom. The van der Waals surface area contributed by atoms with Crippen molar-refractivity contribution in [3.05, 3.63) is 34.3 Å². The van der Waals surface area contributed by atoms with Crippen molar-refractivity contribution in [1.82, 2.24) is 0 Å². The Labute approximate surface area is 88.8 Å². The zero-order valence-electron chi connectivity index (χ0n) is 7.48. The maximum absolute atomic E-state index is 12.3. The SMILES string of the molecule is N[C@H](CF)c1ccc(C(F)(F)F)c(Cl)c1. The van der Waals surface area contributed by atoms with Crippen LogP contribution < -0.4 is 5.73 Å². The summed E-state index contributed by atoms with van der Waals surface area (Å²) in [5.74, 6) is 0. The summed E-state index contributed by atoms with van der Waals surface area (Å²) in [6, 6.07) is 2.02. The summed E-state index contributed by atoms with van der Waals surface area (Å²) < 4.78 is 49.0. The van der Waals surface area contributed by atoms with E-state index in [9.17, 15) is 17.6 Å². The van der Waals surface area contributed by atoms with Gasteiger partial charge < -0.3 is 5.73 Å². The van der Waals surface area contributed by atoms with Gasteiger partial charge in [-0.25, -0.2) is 4.39 Å². The van der Waals surface area contributed by atoms with Crippen LogP contribution >= 0.6 is 11.6 Å². The van der Waals surface area contributed by atoms with Gasteiger partial charge in [0.05, 0.1) is 16.6 Å². The molecule has 0 bridgehead atoms. The Kier molecular flexibility index (Phi) is 3.57. The largest absolute Gasteiger partial charge is 0.417 e. The van der Waals surface area contributed by atoms with Crippen LogP contribution in [0.25, 0.3) is 0 Å². The fourth-order valence-corrected chi connectivity index (χ4v) is 1.38. The first-order valence-electron chi connectivity index (χ1n) is 4.04. The molecular weight excluding hydrogens is 234 g/mol. The molecule has 2 N–H and O–H groups in total. The summed E-state index contributed by atoms with van der Waals surface area (Å²) in [5.41, 5.74) is 4.61. The van der Waals surface area contributed by atoms with Gasteiger partial charge in [-0.3, -0.25) is 0 Å². The zero-order chi connectivity index (χ0) is 11.6. The van der Waals surface area contributed by atoms with Crippen LogP contribution in [0.3, 0.4) is 0 Å². The predicted molar refractivity (Wildman–Crippen MR) is 49.4 cm³/mol. The Bertz CT molecular complexity index is 350. The van der Waals surface area contributed by atoms with E-state index in [4.69, 9.17) is 17.3 Å². The minimum Gasteiger partial charge on any atom is -0.322 e. The molecule has 0 saturated heterocycles. The highest BCUT2D eigenvalue weighted by atomic mass is 35.5. The van der Waals surface area contributed by atoms with Crippen LogP contribution in [-0.2, 0) is 6.18 Å². The minimum atomic E-state index is -4.50. The Balaban J connectivity index is 3.09. The molecule has 0 saturated carbocycles. The second-order valence-corrected chi connectivity index (χ2v) is 3.41. The Hall–Kier alpha value is -0.810. The summed E-state index contributed by atoms with van der Waals surface area (Å²) in [5, 5.41) is -0.469. The molecule has 0 aliphatic rings. The summed E-state index contributed by atoms with van der Waals surface area (Å²) >= 11 is 5.42. The molecule has 0 aliphatic carbocycles. The van der Waals surface area contributed by atoms with Crippen LogP contribution in [0.15, 0.2) is 18.2 Å². The van der Waals surface area contributed by atoms with Gasteiger partial charge in [-0.1, -0.05) is 17.7 Å². The van der Waals surface area contributed by atoms with Gasteiger partial charge in [0.2, 0.25) is 0 Å². The molecule has 0 aromatic heterocycles. The van der Waals surface area contributed by atoms with E-state index in [2.05, 4.69) is 0 Å². The molecular formula is C9H8ClF4N. The monoisotopic (exact) mass is 241 g/mol. The van der Waals surface area contributed by atoms with E-state index in [1.165, 1.54) is 0 Å². The van der Waals surface area contributed by atoms with Crippen LogP contribution in [0, 0.1) is 0 Å².